The second-order valence-corrected chi connectivity index (χ2v) is 7.49. The minimum Gasteiger partial charge on any atom is -0.508 e. The first-order valence-electron chi connectivity index (χ1n) is 9.25. The molecule has 6 heteroatoms. The van der Waals surface area contributed by atoms with E-state index in [0.717, 1.165) is 10.5 Å². The number of aromatic hydroxyl groups is 1. The van der Waals surface area contributed by atoms with E-state index in [1.54, 1.807) is 12.1 Å². The van der Waals surface area contributed by atoms with Crippen molar-refractivity contribution in [3.05, 3.63) is 96.1 Å². The van der Waals surface area contributed by atoms with E-state index in [-0.39, 0.29) is 22.8 Å². The van der Waals surface area contributed by atoms with E-state index in [4.69, 9.17) is 0 Å². The predicted molar refractivity (Wildman–Crippen MR) is 115 cm³/mol. The fourth-order valence-electron chi connectivity index (χ4n) is 2.71. The molecule has 148 valence electrons. The zero-order valence-electron chi connectivity index (χ0n) is 15.7. The van der Waals surface area contributed by atoms with Gasteiger partial charge in [-0.15, -0.1) is 11.8 Å². The van der Waals surface area contributed by atoms with Gasteiger partial charge in [0, 0.05) is 23.5 Å². The van der Waals surface area contributed by atoms with Crippen LogP contribution >= 0.6 is 11.8 Å². The summed E-state index contributed by atoms with van der Waals surface area (Å²) in [6.45, 7) is 0.629. The lowest BCUT2D eigenvalue weighted by molar-refractivity contribution is -0.120. The summed E-state index contributed by atoms with van der Waals surface area (Å²) in [5.74, 6) is -0.252. The van der Waals surface area contributed by atoms with Gasteiger partial charge in [0.25, 0.3) is 5.91 Å². The van der Waals surface area contributed by atoms with E-state index in [1.165, 1.54) is 23.9 Å². The molecule has 0 spiro atoms. The fourth-order valence-corrected chi connectivity index (χ4v) is 3.78. The van der Waals surface area contributed by atoms with Crippen molar-refractivity contribution in [3.63, 3.8) is 0 Å². The van der Waals surface area contributed by atoms with Crippen molar-refractivity contribution in [1.82, 2.24) is 10.6 Å². The van der Waals surface area contributed by atoms with Crippen LogP contribution in [0.25, 0.3) is 0 Å². The molecule has 1 unspecified atom stereocenters. The Bertz CT molecular complexity index is 931. The van der Waals surface area contributed by atoms with E-state index >= 15 is 0 Å². The van der Waals surface area contributed by atoms with Gasteiger partial charge < -0.3 is 15.7 Å². The maximum absolute atomic E-state index is 12.8. The summed E-state index contributed by atoms with van der Waals surface area (Å²) in [5, 5.41) is 14.6. The van der Waals surface area contributed by atoms with Crippen LogP contribution in [-0.4, -0.2) is 30.0 Å². The Balaban J connectivity index is 1.55. The maximum atomic E-state index is 12.8. The molecule has 29 heavy (non-hydrogen) atoms. The summed E-state index contributed by atoms with van der Waals surface area (Å²) < 4.78 is 0. The molecular formula is C23H22N2O3S. The Morgan fingerprint density at radius 2 is 1.38 bits per heavy atom. The third kappa shape index (κ3) is 6.12. The highest BCUT2D eigenvalue weighted by Crippen LogP contribution is 2.35. The average molecular weight is 407 g/mol. The van der Waals surface area contributed by atoms with Crippen LogP contribution < -0.4 is 10.6 Å². The molecule has 0 heterocycles. The molecule has 0 fully saturated rings. The van der Waals surface area contributed by atoms with Crippen LogP contribution in [0, 0.1) is 0 Å². The first-order chi connectivity index (χ1) is 14.1. The highest BCUT2D eigenvalue weighted by molar-refractivity contribution is 8.00. The smallest absolute Gasteiger partial charge is 0.251 e. The standard InChI is InChI=1S/C23H22N2O3S/c26-19-13-11-18(12-14-19)22(27)24-15-16-25-23(28)21(17-7-3-1-4-8-17)29-20-9-5-2-6-10-20/h1-14,21,26H,15-16H2,(H,24,27)(H,25,28). The van der Waals surface area contributed by atoms with Gasteiger partial charge in [-0.05, 0) is 42.0 Å². The van der Waals surface area contributed by atoms with E-state index in [2.05, 4.69) is 10.6 Å². The number of carbonyl (C=O) groups is 2. The van der Waals surface area contributed by atoms with Crippen LogP contribution in [0.4, 0.5) is 0 Å². The van der Waals surface area contributed by atoms with E-state index < -0.39 is 0 Å². The third-order valence-corrected chi connectivity index (χ3v) is 5.44. The molecular weight excluding hydrogens is 384 g/mol. The first kappa shape index (κ1) is 20.5. The van der Waals surface area contributed by atoms with Crippen molar-refractivity contribution in [2.45, 2.75) is 10.1 Å². The largest absolute Gasteiger partial charge is 0.508 e. The minimum absolute atomic E-state index is 0.107. The zero-order valence-corrected chi connectivity index (χ0v) is 16.6. The van der Waals surface area contributed by atoms with Gasteiger partial charge in [-0.25, -0.2) is 0 Å². The number of hydrogen-bond acceptors (Lipinski definition) is 4. The van der Waals surface area contributed by atoms with Crippen molar-refractivity contribution in [2.24, 2.45) is 0 Å². The van der Waals surface area contributed by atoms with Gasteiger partial charge >= 0.3 is 0 Å². The second kappa shape index (κ2) is 10.3. The lowest BCUT2D eigenvalue weighted by Gasteiger charge is -2.17. The molecule has 5 nitrogen and oxygen atoms in total. The monoisotopic (exact) mass is 406 g/mol. The highest BCUT2D eigenvalue weighted by Gasteiger charge is 2.21. The maximum Gasteiger partial charge on any atom is 0.251 e. The summed E-state index contributed by atoms with van der Waals surface area (Å²) >= 11 is 1.49. The molecule has 0 aliphatic heterocycles. The first-order valence-corrected chi connectivity index (χ1v) is 10.1. The highest BCUT2D eigenvalue weighted by atomic mass is 32.2. The quantitative estimate of drug-likeness (QED) is 0.393. The topological polar surface area (TPSA) is 78.4 Å². The number of phenols is 1. The SMILES string of the molecule is O=C(NCCNC(=O)C(Sc1ccccc1)c1ccccc1)c1ccc(O)cc1. The Hall–Kier alpha value is -3.25. The molecule has 0 aliphatic rings. The Morgan fingerprint density at radius 3 is 2.03 bits per heavy atom. The summed E-state index contributed by atoms with van der Waals surface area (Å²) in [6.07, 6.45) is 0. The van der Waals surface area contributed by atoms with Gasteiger partial charge in [0.2, 0.25) is 5.91 Å². The molecule has 3 rings (SSSR count). The molecule has 2 amide bonds. The van der Waals surface area contributed by atoms with Crippen molar-refractivity contribution >= 4 is 23.6 Å². The van der Waals surface area contributed by atoms with Gasteiger partial charge in [-0.2, -0.15) is 0 Å². The lowest BCUT2D eigenvalue weighted by Crippen LogP contribution is -2.36. The van der Waals surface area contributed by atoms with Crippen molar-refractivity contribution in [3.8, 4) is 5.75 Å². The van der Waals surface area contributed by atoms with Crippen LogP contribution in [0.1, 0.15) is 21.2 Å². The number of amides is 2. The van der Waals surface area contributed by atoms with E-state index in [1.807, 2.05) is 60.7 Å². The number of phenolic OH excluding ortho intramolecular Hbond substituents is 1. The molecule has 0 aromatic heterocycles. The number of thioether (sulfide) groups is 1. The molecule has 3 N–H and O–H groups in total. The Morgan fingerprint density at radius 1 is 0.793 bits per heavy atom. The number of rotatable bonds is 8. The molecule has 3 aromatic rings. The van der Waals surface area contributed by atoms with Gasteiger partial charge in [0.05, 0.1) is 0 Å². The number of hydrogen-bond donors (Lipinski definition) is 3. The Kier molecular flexibility index (Phi) is 7.30. The molecule has 0 bridgehead atoms. The van der Waals surface area contributed by atoms with Crippen molar-refractivity contribution < 1.29 is 14.7 Å². The Labute approximate surface area is 174 Å². The molecule has 0 aliphatic carbocycles. The number of nitrogens with one attached hydrogen (secondary N) is 2. The summed E-state index contributed by atoms with van der Waals surface area (Å²) in [4.78, 5) is 25.9. The molecule has 0 radical (unpaired) electrons. The molecule has 0 saturated heterocycles. The van der Waals surface area contributed by atoms with Crippen LogP contribution in [0.2, 0.25) is 0 Å². The van der Waals surface area contributed by atoms with Crippen LogP contribution in [0.15, 0.2) is 89.8 Å². The van der Waals surface area contributed by atoms with E-state index in [0.29, 0.717) is 18.7 Å². The fraction of sp³-hybridized carbons (Fsp3) is 0.130. The van der Waals surface area contributed by atoms with Crippen LogP contribution in [-0.2, 0) is 4.79 Å². The third-order valence-electron chi connectivity index (χ3n) is 4.18. The van der Waals surface area contributed by atoms with Gasteiger partial charge in [0.1, 0.15) is 11.0 Å². The van der Waals surface area contributed by atoms with Gasteiger partial charge in [0.15, 0.2) is 0 Å². The van der Waals surface area contributed by atoms with Gasteiger partial charge in [-0.3, -0.25) is 9.59 Å². The molecule has 1 atom stereocenters. The van der Waals surface area contributed by atoms with Gasteiger partial charge in [-0.1, -0.05) is 48.5 Å². The summed E-state index contributed by atoms with van der Waals surface area (Å²) in [6, 6.07) is 25.4. The average Bonchev–Trinajstić information content (AvgIpc) is 2.76. The molecule has 3 aromatic carbocycles. The van der Waals surface area contributed by atoms with Crippen LogP contribution in [0.5, 0.6) is 5.75 Å². The van der Waals surface area contributed by atoms with Crippen molar-refractivity contribution in [2.75, 3.05) is 13.1 Å². The molecule has 0 saturated carbocycles. The van der Waals surface area contributed by atoms with E-state index in [9.17, 15) is 14.7 Å². The summed E-state index contributed by atoms with van der Waals surface area (Å²) in [5.41, 5.74) is 1.38. The predicted octanol–water partition coefficient (Wildman–Crippen LogP) is 3.77. The zero-order chi connectivity index (χ0) is 20.5. The minimum atomic E-state index is -0.383. The second-order valence-electron chi connectivity index (χ2n) is 6.32. The normalized spacial score (nSPS) is 11.4. The lowest BCUT2D eigenvalue weighted by atomic mass is 10.1. The summed E-state index contributed by atoms with van der Waals surface area (Å²) in [7, 11) is 0. The van der Waals surface area contributed by atoms with Crippen molar-refractivity contribution in [1.29, 1.82) is 0 Å². The number of benzene rings is 3. The number of carbonyl (C=O) groups excluding carboxylic acids is 2. The van der Waals surface area contributed by atoms with Crippen LogP contribution in [0.3, 0.4) is 0 Å².